The third kappa shape index (κ3) is 2.42. The van der Waals surface area contributed by atoms with Crippen LogP contribution in [0, 0.1) is 0 Å². The van der Waals surface area contributed by atoms with Crippen LogP contribution in [-0.4, -0.2) is 62.3 Å². The van der Waals surface area contributed by atoms with Crippen molar-refractivity contribution in [2.24, 2.45) is 0 Å². The van der Waals surface area contributed by atoms with Crippen LogP contribution in [-0.2, 0) is 32.7 Å². The van der Waals surface area contributed by atoms with E-state index < -0.39 is 5.79 Å². The quantitative estimate of drug-likeness (QED) is 0.713. The summed E-state index contributed by atoms with van der Waals surface area (Å²) < 4.78 is 32.6. The Balaban J connectivity index is 1.39. The number of rotatable bonds is 4. The minimum atomic E-state index is -0.715. The first-order chi connectivity index (χ1) is 16.1. The average Bonchev–Trinajstić information content (AvgIpc) is 3.46. The van der Waals surface area contributed by atoms with Gasteiger partial charge in [0.15, 0.2) is 17.6 Å². The van der Waals surface area contributed by atoms with Crippen LogP contribution in [0.1, 0.15) is 36.0 Å². The molecule has 3 fully saturated rings. The normalized spacial score (nSPS) is 35.3. The molecular weight excluding hydrogens is 418 g/mol. The minimum absolute atomic E-state index is 0.243. The lowest BCUT2D eigenvalue weighted by Crippen LogP contribution is -2.79. The Labute approximate surface area is 194 Å². The van der Waals surface area contributed by atoms with E-state index in [0.29, 0.717) is 25.9 Å². The van der Waals surface area contributed by atoms with E-state index in [-0.39, 0.29) is 17.1 Å². The maximum Gasteiger partial charge on any atom is 0.207 e. The van der Waals surface area contributed by atoms with Gasteiger partial charge in [-0.3, -0.25) is 0 Å². The molecule has 3 aliphatic heterocycles. The smallest absolute Gasteiger partial charge is 0.207 e. The van der Waals surface area contributed by atoms with Gasteiger partial charge in [-0.25, -0.2) is 0 Å². The lowest BCUT2D eigenvalue weighted by atomic mass is 9.48. The largest absolute Gasteiger partial charge is 0.485 e. The van der Waals surface area contributed by atoms with Gasteiger partial charge < -0.3 is 28.6 Å². The van der Waals surface area contributed by atoms with Crippen molar-refractivity contribution >= 4 is 0 Å². The van der Waals surface area contributed by atoms with Crippen molar-refractivity contribution in [3.63, 3.8) is 0 Å². The average molecular weight is 450 g/mol. The standard InChI is InChI=1S/C27H31NO5/c1-28-13-12-25-22-19-8-9-20(30-17-18-6-4-3-5-7-18)23(22)33-24(25)27(31-14-15-32-27)11-10-26(25,29-2)21(28)16-19/h3-9,21,24H,10-17H2,1-2H3/t21-,24-,25?,26-/m1/s1. The molecule has 3 heterocycles. The molecule has 5 aliphatic rings. The van der Waals surface area contributed by atoms with Gasteiger partial charge in [-0.1, -0.05) is 36.4 Å². The van der Waals surface area contributed by atoms with Crippen LogP contribution in [0.5, 0.6) is 11.5 Å². The molecule has 0 aromatic heterocycles. The first-order valence-electron chi connectivity index (χ1n) is 12.2. The fourth-order valence-electron chi connectivity index (χ4n) is 7.70. The fourth-order valence-corrected chi connectivity index (χ4v) is 7.70. The lowest BCUT2D eigenvalue weighted by molar-refractivity contribution is -0.300. The van der Waals surface area contributed by atoms with Crippen molar-refractivity contribution in [1.29, 1.82) is 0 Å². The summed E-state index contributed by atoms with van der Waals surface area (Å²) in [5.41, 5.74) is 3.12. The van der Waals surface area contributed by atoms with Gasteiger partial charge in [0.1, 0.15) is 6.61 Å². The Morgan fingerprint density at radius 3 is 2.64 bits per heavy atom. The molecule has 2 aliphatic carbocycles. The molecule has 2 spiro atoms. The summed E-state index contributed by atoms with van der Waals surface area (Å²) >= 11 is 0. The van der Waals surface area contributed by atoms with Crippen molar-refractivity contribution in [3.05, 3.63) is 59.2 Å². The molecule has 2 aromatic carbocycles. The van der Waals surface area contributed by atoms with E-state index in [1.165, 1.54) is 11.1 Å². The third-order valence-corrected chi connectivity index (χ3v) is 9.06. The fraction of sp³-hybridized carbons (Fsp3) is 0.556. The first-order valence-corrected chi connectivity index (χ1v) is 12.2. The zero-order valence-corrected chi connectivity index (χ0v) is 19.3. The Morgan fingerprint density at radius 2 is 1.85 bits per heavy atom. The molecular formula is C27H31NO5. The Bertz CT molecular complexity index is 1080. The summed E-state index contributed by atoms with van der Waals surface area (Å²) in [6, 6.07) is 14.9. The molecule has 0 amide bonds. The van der Waals surface area contributed by atoms with Gasteiger partial charge in [0.25, 0.3) is 0 Å². The van der Waals surface area contributed by atoms with Gasteiger partial charge in [0.05, 0.1) is 24.2 Å². The number of likely N-dealkylation sites (N-methyl/N-ethyl adjacent to an activating group) is 1. The second-order valence-electron chi connectivity index (χ2n) is 10.2. The number of ether oxygens (including phenoxy) is 5. The van der Waals surface area contributed by atoms with Crippen molar-refractivity contribution < 1.29 is 23.7 Å². The number of piperidine rings is 1. The second kappa shape index (κ2) is 6.95. The third-order valence-electron chi connectivity index (χ3n) is 9.06. The molecule has 1 unspecified atom stereocenters. The molecule has 2 saturated heterocycles. The maximum atomic E-state index is 6.92. The van der Waals surface area contributed by atoms with Crippen LogP contribution in [0.4, 0.5) is 0 Å². The molecule has 0 radical (unpaired) electrons. The summed E-state index contributed by atoms with van der Waals surface area (Å²) in [6.45, 7) is 2.73. The zero-order valence-electron chi connectivity index (χ0n) is 19.3. The minimum Gasteiger partial charge on any atom is -0.485 e. The Hall–Kier alpha value is -2.12. The van der Waals surface area contributed by atoms with E-state index in [1.54, 1.807) is 0 Å². The van der Waals surface area contributed by atoms with Gasteiger partial charge in [-0.15, -0.1) is 0 Å². The monoisotopic (exact) mass is 449 g/mol. The molecule has 1 saturated carbocycles. The van der Waals surface area contributed by atoms with E-state index >= 15 is 0 Å². The maximum absolute atomic E-state index is 6.92. The van der Waals surface area contributed by atoms with Crippen LogP contribution in [0.25, 0.3) is 0 Å². The molecule has 174 valence electrons. The molecule has 7 rings (SSSR count). The molecule has 2 aromatic rings. The molecule has 2 bridgehead atoms. The summed E-state index contributed by atoms with van der Waals surface area (Å²) in [4.78, 5) is 2.49. The number of likely N-dealkylation sites (tertiary alicyclic amines) is 1. The number of hydrogen-bond donors (Lipinski definition) is 0. The highest BCUT2D eigenvalue weighted by molar-refractivity contribution is 5.63. The molecule has 0 N–H and O–H groups in total. The summed E-state index contributed by atoms with van der Waals surface area (Å²) in [6.07, 6.45) is 3.34. The van der Waals surface area contributed by atoms with Crippen LogP contribution in [0.3, 0.4) is 0 Å². The van der Waals surface area contributed by atoms with E-state index in [0.717, 1.165) is 49.3 Å². The van der Waals surface area contributed by atoms with Crippen molar-refractivity contribution in [3.8, 4) is 11.5 Å². The molecule has 6 nitrogen and oxygen atoms in total. The first kappa shape index (κ1) is 20.3. The van der Waals surface area contributed by atoms with E-state index in [9.17, 15) is 0 Å². The van der Waals surface area contributed by atoms with Crippen molar-refractivity contribution in [2.75, 3.05) is 33.9 Å². The Kier molecular flexibility index (Phi) is 4.27. The molecule has 33 heavy (non-hydrogen) atoms. The highest BCUT2D eigenvalue weighted by atomic mass is 16.8. The summed E-state index contributed by atoms with van der Waals surface area (Å²) in [5, 5.41) is 0. The van der Waals surface area contributed by atoms with Crippen LogP contribution in [0.2, 0.25) is 0 Å². The van der Waals surface area contributed by atoms with Crippen LogP contribution < -0.4 is 9.47 Å². The van der Waals surface area contributed by atoms with Crippen molar-refractivity contribution in [1.82, 2.24) is 4.90 Å². The number of hydrogen-bond acceptors (Lipinski definition) is 6. The van der Waals surface area contributed by atoms with Crippen LogP contribution >= 0.6 is 0 Å². The van der Waals surface area contributed by atoms with E-state index in [4.69, 9.17) is 23.7 Å². The highest BCUT2D eigenvalue weighted by Gasteiger charge is 2.77. The van der Waals surface area contributed by atoms with Gasteiger partial charge in [0.2, 0.25) is 5.79 Å². The van der Waals surface area contributed by atoms with E-state index in [2.05, 4.69) is 36.2 Å². The van der Waals surface area contributed by atoms with Gasteiger partial charge in [0, 0.05) is 25.1 Å². The topological polar surface area (TPSA) is 49.4 Å². The van der Waals surface area contributed by atoms with Crippen molar-refractivity contribution in [2.45, 2.75) is 61.2 Å². The predicted octanol–water partition coefficient (Wildman–Crippen LogP) is 3.45. The van der Waals surface area contributed by atoms with Gasteiger partial charge in [-0.05, 0) is 50.0 Å². The molecule has 6 heteroatoms. The predicted molar refractivity (Wildman–Crippen MR) is 122 cm³/mol. The SMILES string of the molecule is CO[C@@]12CCC3(OCCO3)[C@@H]3Oc4c(OCc5ccccc5)ccc5c4C31CCN(C)[C@@H]2C5. The Morgan fingerprint density at radius 1 is 1.03 bits per heavy atom. The number of methoxy groups -OCH3 is 1. The zero-order chi connectivity index (χ0) is 22.3. The lowest BCUT2D eigenvalue weighted by Gasteiger charge is -2.66. The summed E-state index contributed by atoms with van der Waals surface area (Å²) in [7, 11) is 4.12. The van der Waals surface area contributed by atoms with Gasteiger partial charge in [-0.2, -0.15) is 0 Å². The second-order valence-corrected chi connectivity index (χ2v) is 10.2. The highest BCUT2D eigenvalue weighted by Crippen LogP contribution is 2.68. The summed E-state index contributed by atoms with van der Waals surface area (Å²) in [5.74, 6) is 0.961. The number of nitrogens with zero attached hydrogens (tertiary/aromatic N) is 1. The van der Waals surface area contributed by atoms with Crippen LogP contribution in [0.15, 0.2) is 42.5 Å². The van der Waals surface area contributed by atoms with E-state index in [1.807, 2.05) is 25.3 Å². The number of benzene rings is 2. The van der Waals surface area contributed by atoms with Gasteiger partial charge >= 0.3 is 0 Å². The molecule has 4 atom stereocenters. The number of fused-ring (bicyclic) bond motifs is 1.